The maximum Gasteiger partial charge on any atom is 0.119 e. The van der Waals surface area contributed by atoms with Gasteiger partial charge in [-0.3, -0.25) is 0 Å². The van der Waals surface area contributed by atoms with E-state index >= 15 is 0 Å². The first kappa shape index (κ1) is 18.0. The highest BCUT2D eigenvalue weighted by atomic mass is 16.5. The largest absolute Gasteiger partial charge is 0.494 e. The first-order valence-electron chi connectivity index (χ1n) is 8.65. The molecule has 0 spiro atoms. The van der Waals surface area contributed by atoms with Crippen LogP contribution in [0.2, 0.25) is 0 Å². The number of rotatable bonds is 12. The van der Waals surface area contributed by atoms with Gasteiger partial charge in [-0.25, -0.2) is 0 Å². The van der Waals surface area contributed by atoms with Crippen molar-refractivity contribution in [3.8, 4) is 5.75 Å². The summed E-state index contributed by atoms with van der Waals surface area (Å²) in [7, 11) is 2.02. The summed E-state index contributed by atoms with van der Waals surface area (Å²) in [4.78, 5) is 0. The monoisotopic (exact) mass is 291 g/mol. The van der Waals surface area contributed by atoms with Crippen LogP contribution in [0.15, 0.2) is 24.3 Å². The van der Waals surface area contributed by atoms with E-state index in [4.69, 9.17) is 4.74 Å². The highest BCUT2D eigenvalue weighted by molar-refractivity contribution is 5.27. The van der Waals surface area contributed by atoms with Crippen LogP contribution in [-0.4, -0.2) is 19.7 Å². The van der Waals surface area contributed by atoms with Crippen LogP contribution >= 0.6 is 0 Å². The lowest BCUT2D eigenvalue weighted by Crippen LogP contribution is -2.21. The highest BCUT2D eigenvalue weighted by Gasteiger charge is 2.00. The maximum atomic E-state index is 5.80. The predicted molar refractivity (Wildman–Crippen MR) is 92.2 cm³/mol. The topological polar surface area (TPSA) is 21.3 Å². The summed E-state index contributed by atoms with van der Waals surface area (Å²) in [6.45, 7) is 5.33. The molecule has 0 aromatic heterocycles. The minimum absolute atomic E-state index is 0.577. The van der Waals surface area contributed by atoms with E-state index in [0.717, 1.165) is 18.8 Å². The smallest absolute Gasteiger partial charge is 0.119 e. The van der Waals surface area contributed by atoms with Gasteiger partial charge < -0.3 is 10.1 Å². The summed E-state index contributed by atoms with van der Waals surface area (Å²) < 4.78 is 5.80. The van der Waals surface area contributed by atoms with Crippen LogP contribution in [0.3, 0.4) is 0 Å². The van der Waals surface area contributed by atoms with E-state index in [-0.39, 0.29) is 0 Å². The summed E-state index contributed by atoms with van der Waals surface area (Å²) in [6.07, 6.45) is 10.2. The number of hydrogen-bond donors (Lipinski definition) is 1. The molecule has 0 bridgehead atoms. The Morgan fingerprint density at radius 3 is 2.33 bits per heavy atom. The lowest BCUT2D eigenvalue weighted by atomic mass is 10.1. The number of hydrogen-bond acceptors (Lipinski definition) is 2. The summed E-state index contributed by atoms with van der Waals surface area (Å²) in [6, 6.07) is 9.18. The Kier molecular flexibility index (Phi) is 9.98. The molecule has 1 atom stereocenters. The number of benzene rings is 1. The molecule has 1 unspecified atom stereocenters. The van der Waals surface area contributed by atoms with Gasteiger partial charge >= 0.3 is 0 Å². The Morgan fingerprint density at radius 1 is 1.00 bits per heavy atom. The van der Waals surface area contributed by atoms with Crippen LogP contribution in [0.1, 0.15) is 64.4 Å². The van der Waals surface area contributed by atoms with Gasteiger partial charge in [0.05, 0.1) is 6.61 Å². The average molecular weight is 291 g/mol. The van der Waals surface area contributed by atoms with Crippen molar-refractivity contribution in [2.75, 3.05) is 13.7 Å². The van der Waals surface area contributed by atoms with E-state index in [1.807, 2.05) is 7.05 Å². The van der Waals surface area contributed by atoms with Crippen molar-refractivity contribution in [3.63, 3.8) is 0 Å². The molecule has 1 aromatic carbocycles. The predicted octanol–water partition coefficient (Wildman–Crippen LogP) is 4.97. The molecule has 1 rings (SSSR count). The number of aryl methyl sites for hydroxylation is 1. The third-order valence-electron chi connectivity index (χ3n) is 4.05. The van der Waals surface area contributed by atoms with Gasteiger partial charge in [-0.2, -0.15) is 0 Å². The second-order valence-corrected chi connectivity index (χ2v) is 5.99. The Morgan fingerprint density at radius 2 is 1.67 bits per heavy atom. The quantitative estimate of drug-likeness (QED) is 0.549. The fourth-order valence-electron chi connectivity index (χ4n) is 2.35. The fourth-order valence-corrected chi connectivity index (χ4v) is 2.35. The van der Waals surface area contributed by atoms with Crippen LogP contribution in [0.5, 0.6) is 5.75 Å². The lowest BCUT2D eigenvalue weighted by molar-refractivity contribution is 0.304. The van der Waals surface area contributed by atoms with Gasteiger partial charge in [-0.05, 0) is 50.9 Å². The van der Waals surface area contributed by atoms with Crippen LogP contribution in [0.4, 0.5) is 0 Å². The molecule has 0 amide bonds. The normalized spacial score (nSPS) is 12.3. The van der Waals surface area contributed by atoms with Gasteiger partial charge in [0.2, 0.25) is 0 Å². The van der Waals surface area contributed by atoms with Crippen molar-refractivity contribution in [3.05, 3.63) is 29.8 Å². The maximum absolute atomic E-state index is 5.80. The summed E-state index contributed by atoms with van der Waals surface area (Å²) >= 11 is 0. The number of nitrogens with one attached hydrogen (secondary N) is 1. The van der Waals surface area contributed by atoms with Gasteiger partial charge in [0.25, 0.3) is 0 Å². The minimum atomic E-state index is 0.577. The van der Waals surface area contributed by atoms with Crippen molar-refractivity contribution >= 4 is 0 Å². The molecule has 1 N–H and O–H groups in total. The third kappa shape index (κ3) is 8.77. The Hall–Kier alpha value is -1.02. The van der Waals surface area contributed by atoms with Crippen molar-refractivity contribution in [1.82, 2.24) is 5.32 Å². The molecule has 1 aromatic rings. The van der Waals surface area contributed by atoms with Gasteiger partial charge in [0, 0.05) is 6.04 Å². The molecule has 0 fully saturated rings. The molecular formula is C19H33NO. The standard InChI is InChI=1S/C19H33NO/c1-4-5-6-7-8-9-16-21-19-14-12-18(13-15-19)11-10-17(2)20-3/h12-15,17,20H,4-11,16H2,1-3H3. The first-order valence-corrected chi connectivity index (χ1v) is 8.65. The van der Waals surface area contributed by atoms with Crippen molar-refractivity contribution < 1.29 is 4.74 Å². The van der Waals surface area contributed by atoms with E-state index in [1.165, 1.54) is 50.5 Å². The highest BCUT2D eigenvalue weighted by Crippen LogP contribution is 2.15. The van der Waals surface area contributed by atoms with Gasteiger partial charge in [-0.15, -0.1) is 0 Å². The second kappa shape index (κ2) is 11.6. The van der Waals surface area contributed by atoms with E-state index in [1.54, 1.807) is 0 Å². The first-order chi connectivity index (χ1) is 10.3. The van der Waals surface area contributed by atoms with Crippen molar-refractivity contribution in [1.29, 1.82) is 0 Å². The van der Waals surface area contributed by atoms with E-state index in [2.05, 4.69) is 43.4 Å². The Labute approximate surface area is 131 Å². The molecule has 0 heterocycles. The molecule has 0 aliphatic heterocycles. The molecule has 21 heavy (non-hydrogen) atoms. The van der Waals surface area contributed by atoms with Crippen LogP contribution in [0, 0.1) is 0 Å². The molecular weight excluding hydrogens is 258 g/mol. The summed E-state index contributed by atoms with van der Waals surface area (Å²) in [5.74, 6) is 1.01. The van der Waals surface area contributed by atoms with Gasteiger partial charge in [0.15, 0.2) is 0 Å². The molecule has 0 saturated heterocycles. The van der Waals surface area contributed by atoms with E-state index in [0.29, 0.717) is 6.04 Å². The summed E-state index contributed by atoms with van der Waals surface area (Å²) in [5.41, 5.74) is 1.39. The number of unbranched alkanes of at least 4 members (excludes halogenated alkanes) is 5. The third-order valence-corrected chi connectivity index (χ3v) is 4.05. The fraction of sp³-hybridized carbons (Fsp3) is 0.684. The van der Waals surface area contributed by atoms with Gasteiger partial charge in [-0.1, -0.05) is 51.2 Å². The van der Waals surface area contributed by atoms with Gasteiger partial charge in [0.1, 0.15) is 5.75 Å². The van der Waals surface area contributed by atoms with Crippen molar-refractivity contribution in [2.24, 2.45) is 0 Å². The average Bonchev–Trinajstić information content (AvgIpc) is 2.52. The minimum Gasteiger partial charge on any atom is -0.494 e. The molecule has 2 nitrogen and oxygen atoms in total. The molecule has 0 saturated carbocycles. The van der Waals surface area contributed by atoms with Crippen LogP contribution in [0.25, 0.3) is 0 Å². The van der Waals surface area contributed by atoms with Crippen molar-refractivity contribution in [2.45, 2.75) is 71.3 Å². The molecule has 120 valence electrons. The van der Waals surface area contributed by atoms with E-state index < -0.39 is 0 Å². The zero-order chi connectivity index (χ0) is 15.3. The molecule has 0 radical (unpaired) electrons. The van der Waals surface area contributed by atoms with Crippen LogP contribution in [-0.2, 0) is 6.42 Å². The number of ether oxygens (including phenoxy) is 1. The zero-order valence-electron chi connectivity index (χ0n) is 14.2. The SMILES string of the molecule is CCCCCCCCOc1ccc(CCC(C)NC)cc1. The molecule has 0 aliphatic rings. The second-order valence-electron chi connectivity index (χ2n) is 5.99. The zero-order valence-corrected chi connectivity index (χ0v) is 14.2. The Balaban J connectivity index is 2.13. The summed E-state index contributed by atoms with van der Waals surface area (Å²) in [5, 5.41) is 3.27. The molecule has 0 aliphatic carbocycles. The van der Waals surface area contributed by atoms with Crippen LogP contribution < -0.4 is 10.1 Å². The van der Waals surface area contributed by atoms with E-state index in [9.17, 15) is 0 Å². The Bertz CT molecular complexity index is 347. The molecule has 2 heteroatoms. The lowest BCUT2D eigenvalue weighted by Gasteiger charge is -2.10.